The number of hydrogen-bond donors (Lipinski definition) is 1. The molecule has 5 rings (SSSR count). The van der Waals surface area contributed by atoms with Crippen molar-refractivity contribution in [2.24, 2.45) is 0 Å². The summed E-state index contributed by atoms with van der Waals surface area (Å²) in [4.78, 5) is 22.0. The molecule has 0 aliphatic heterocycles. The molecular weight excluding hydrogens is 379 g/mol. The summed E-state index contributed by atoms with van der Waals surface area (Å²) >= 11 is 0. The number of benzene rings is 2. The zero-order valence-corrected chi connectivity index (χ0v) is 16.4. The molecule has 0 atom stereocenters. The second-order valence-corrected chi connectivity index (χ2v) is 7.74. The lowest BCUT2D eigenvalue weighted by Crippen LogP contribution is -2.06. The Balaban J connectivity index is 1.65. The first-order valence-corrected chi connectivity index (χ1v) is 10.1. The molecule has 0 spiro atoms. The Labute approximate surface area is 173 Å². The van der Waals surface area contributed by atoms with Crippen molar-refractivity contribution in [2.75, 3.05) is 5.73 Å². The van der Waals surface area contributed by atoms with Crippen LogP contribution in [0.2, 0.25) is 0 Å². The number of aromatic nitrogens is 3. The molecule has 1 aliphatic carbocycles. The molecular formula is C24H21FN4O. The second-order valence-electron chi connectivity index (χ2n) is 7.74. The van der Waals surface area contributed by atoms with Gasteiger partial charge in [0, 0.05) is 12.2 Å². The van der Waals surface area contributed by atoms with Gasteiger partial charge in [0.1, 0.15) is 23.6 Å². The highest BCUT2D eigenvalue weighted by molar-refractivity contribution is 6.18. The average Bonchev–Trinajstić information content (AvgIpc) is 3.43. The van der Waals surface area contributed by atoms with Crippen molar-refractivity contribution < 1.29 is 9.18 Å². The van der Waals surface area contributed by atoms with E-state index in [-0.39, 0.29) is 17.4 Å². The maximum absolute atomic E-state index is 14.7. The Morgan fingerprint density at radius 3 is 2.53 bits per heavy atom. The van der Waals surface area contributed by atoms with Crippen molar-refractivity contribution in [1.29, 1.82) is 0 Å². The molecule has 0 radical (unpaired) electrons. The molecule has 2 aromatic heterocycles. The fourth-order valence-electron chi connectivity index (χ4n) is 4.40. The lowest BCUT2D eigenvalue weighted by Gasteiger charge is -2.12. The quantitative estimate of drug-likeness (QED) is 0.480. The average molecular weight is 400 g/mol. The molecule has 150 valence electrons. The summed E-state index contributed by atoms with van der Waals surface area (Å²) in [6.07, 6.45) is 7.53. The predicted octanol–water partition coefficient (Wildman–Crippen LogP) is 5.17. The number of nitrogens with zero attached hydrogens (tertiary/aromatic N) is 3. The Bertz CT molecular complexity index is 1240. The molecule has 2 heterocycles. The van der Waals surface area contributed by atoms with Crippen LogP contribution in [0, 0.1) is 5.82 Å². The van der Waals surface area contributed by atoms with Crippen LogP contribution in [0.1, 0.15) is 47.6 Å². The van der Waals surface area contributed by atoms with Gasteiger partial charge in [0.2, 0.25) is 0 Å². The Kier molecular flexibility index (Phi) is 4.54. The molecule has 0 unspecified atom stereocenters. The molecule has 1 fully saturated rings. The third kappa shape index (κ3) is 3.05. The molecule has 1 aliphatic rings. The zero-order valence-electron chi connectivity index (χ0n) is 16.4. The van der Waals surface area contributed by atoms with Crippen molar-refractivity contribution in [3.63, 3.8) is 0 Å². The number of nitrogens with two attached hydrogens (primary N) is 1. The summed E-state index contributed by atoms with van der Waals surface area (Å²) in [5, 5.41) is 0.499. The van der Waals surface area contributed by atoms with Crippen LogP contribution in [-0.2, 0) is 0 Å². The lowest BCUT2D eigenvalue weighted by atomic mass is 9.98. The first-order valence-electron chi connectivity index (χ1n) is 10.1. The first-order chi connectivity index (χ1) is 14.6. The normalized spacial score (nSPS) is 14.4. The highest BCUT2D eigenvalue weighted by Gasteiger charge is 2.26. The Morgan fingerprint density at radius 2 is 1.77 bits per heavy atom. The van der Waals surface area contributed by atoms with Crippen LogP contribution >= 0.6 is 0 Å². The summed E-state index contributed by atoms with van der Waals surface area (Å²) in [5.74, 6) is -0.731. The van der Waals surface area contributed by atoms with E-state index in [1.54, 1.807) is 18.3 Å². The summed E-state index contributed by atoms with van der Waals surface area (Å²) in [6.45, 7) is 0. The van der Waals surface area contributed by atoms with Crippen LogP contribution in [-0.4, -0.2) is 20.3 Å². The Hall–Kier alpha value is -3.54. The fourth-order valence-corrected chi connectivity index (χ4v) is 4.40. The maximum atomic E-state index is 14.7. The third-order valence-corrected chi connectivity index (χ3v) is 5.92. The maximum Gasteiger partial charge on any atom is 0.198 e. The molecule has 0 bridgehead atoms. The van der Waals surface area contributed by atoms with E-state index < -0.39 is 11.6 Å². The van der Waals surface area contributed by atoms with Crippen LogP contribution in [0.25, 0.3) is 22.2 Å². The first kappa shape index (κ1) is 18.5. The number of anilines is 1. The van der Waals surface area contributed by atoms with Gasteiger partial charge in [-0.2, -0.15) is 0 Å². The summed E-state index contributed by atoms with van der Waals surface area (Å²) in [6, 6.07) is 14.5. The smallest absolute Gasteiger partial charge is 0.198 e. The number of carbonyl (C=O) groups excluding carboxylic acids is 1. The van der Waals surface area contributed by atoms with Gasteiger partial charge in [-0.05, 0) is 36.1 Å². The van der Waals surface area contributed by atoms with Gasteiger partial charge in [-0.15, -0.1) is 0 Å². The van der Waals surface area contributed by atoms with Gasteiger partial charge in [0.05, 0.1) is 16.5 Å². The van der Waals surface area contributed by atoms with Gasteiger partial charge in [-0.25, -0.2) is 14.4 Å². The molecule has 2 N–H and O–H groups in total. The number of hydrogen-bond acceptors (Lipinski definition) is 4. The van der Waals surface area contributed by atoms with Gasteiger partial charge >= 0.3 is 0 Å². The van der Waals surface area contributed by atoms with E-state index in [9.17, 15) is 9.18 Å². The standard InChI is InChI=1S/C24H21FN4O/c25-20-11-10-16(15-6-2-1-3-7-15)12-18(20)22(30)19-13-29(17-8-4-5-9-17)24-21(19)23(26)27-14-28-24/h1-3,6-7,10-14,17H,4-5,8-9H2,(H2,26,27,28). The highest BCUT2D eigenvalue weighted by Crippen LogP contribution is 2.36. The monoisotopic (exact) mass is 400 g/mol. The number of ketones is 1. The molecule has 30 heavy (non-hydrogen) atoms. The molecule has 0 saturated heterocycles. The van der Waals surface area contributed by atoms with Crippen molar-refractivity contribution in [1.82, 2.24) is 14.5 Å². The molecule has 0 amide bonds. The Morgan fingerprint density at radius 1 is 1.00 bits per heavy atom. The van der Waals surface area contributed by atoms with E-state index in [2.05, 4.69) is 9.97 Å². The SMILES string of the molecule is Nc1ncnc2c1c(C(=O)c1cc(-c3ccccc3)ccc1F)cn2C1CCCC1. The minimum atomic E-state index is -0.558. The molecule has 5 nitrogen and oxygen atoms in total. The van der Waals surface area contributed by atoms with Crippen molar-refractivity contribution in [3.8, 4) is 11.1 Å². The molecule has 1 saturated carbocycles. The van der Waals surface area contributed by atoms with E-state index >= 15 is 0 Å². The molecule has 4 aromatic rings. The topological polar surface area (TPSA) is 73.8 Å². The lowest BCUT2D eigenvalue weighted by molar-refractivity contribution is 0.103. The van der Waals surface area contributed by atoms with E-state index in [1.807, 2.05) is 34.9 Å². The fraction of sp³-hybridized carbons (Fsp3) is 0.208. The largest absolute Gasteiger partial charge is 0.383 e. The van der Waals surface area contributed by atoms with Gasteiger partial charge in [-0.3, -0.25) is 4.79 Å². The van der Waals surface area contributed by atoms with Crippen LogP contribution in [0.4, 0.5) is 10.2 Å². The van der Waals surface area contributed by atoms with Gasteiger partial charge in [0.15, 0.2) is 5.78 Å². The second kappa shape index (κ2) is 7.37. The van der Waals surface area contributed by atoms with Crippen molar-refractivity contribution in [3.05, 3.63) is 78.0 Å². The summed E-state index contributed by atoms with van der Waals surface area (Å²) < 4.78 is 16.8. The highest BCUT2D eigenvalue weighted by atomic mass is 19.1. The number of halogens is 1. The number of nitrogen functional groups attached to an aromatic ring is 1. The molecule has 2 aromatic carbocycles. The van der Waals surface area contributed by atoms with E-state index in [1.165, 1.54) is 12.4 Å². The van der Waals surface area contributed by atoms with Crippen LogP contribution < -0.4 is 5.73 Å². The predicted molar refractivity (Wildman–Crippen MR) is 115 cm³/mol. The minimum Gasteiger partial charge on any atom is -0.383 e. The van der Waals surface area contributed by atoms with Crippen LogP contribution in [0.3, 0.4) is 0 Å². The summed E-state index contributed by atoms with van der Waals surface area (Å²) in [7, 11) is 0. The zero-order chi connectivity index (χ0) is 20.7. The molecule has 6 heteroatoms. The van der Waals surface area contributed by atoms with Crippen molar-refractivity contribution in [2.45, 2.75) is 31.7 Å². The van der Waals surface area contributed by atoms with E-state index in [0.717, 1.165) is 36.8 Å². The number of carbonyl (C=O) groups is 1. The van der Waals surface area contributed by atoms with Crippen LogP contribution in [0.15, 0.2) is 61.1 Å². The van der Waals surface area contributed by atoms with Crippen molar-refractivity contribution >= 4 is 22.6 Å². The van der Waals surface area contributed by atoms with Gasteiger partial charge in [0.25, 0.3) is 0 Å². The van der Waals surface area contributed by atoms with E-state index in [0.29, 0.717) is 16.6 Å². The third-order valence-electron chi connectivity index (χ3n) is 5.92. The van der Waals surface area contributed by atoms with Gasteiger partial charge in [-0.1, -0.05) is 49.2 Å². The minimum absolute atomic E-state index is 0.0186. The number of fused-ring (bicyclic) bond motifs is 1. The van der Waals surface area contributed by atoms with E-state index in [4.69, 9.17) is 5.73 Å². The van der Waals surface area contributed by atoms with Gasteiger partial charge < -0.3 is 10.3 Å². The summed E-state index contributed by atoms with van der Waals surface area (Å²) in [5.41, 5.74) is 8.84. The van der Waals surface area contributed by atoms with Crippen LogP contribution in [0.5, 0.6) is 0 Å². The number of rotatable bonds is 4.